The summed E-state index contributed by atoms with van der Waals surface area (Å²) in [5.41, 5.74) is 2.36. The summed E-state index contributed by atoms with van der Waals surface area (Å²) in [6, 6.07) is 1.83. The van der Waals surface area contributed by atoms with Gasteiger partial charge >= 0.3 is 5.97 Å². The first-order chi connectivity index (χ1) is 10.0. The van der Waals surface area contributed by atoms with Gasteiger partial charge in [-0.1, -0.05) is 13.8 Å². The SMILES string of the molecule is CCOCC(Nc1nc2c(cc1C(=O)O)CCC2)C(C)C. The Morgan fingerprint density at radius 2 is 2.24 bits per heavy atom. The van der Waals surface area contributed by atoms with Crippen molar-refractivity contribution in [2.24, 2.45) is 5.92 Å². The Morgan fingerprint density at radius 3 is 2.86 bits per heavy atom. The summed E-state index contributed by atoms with van der Waals surface area (Å²) in [5, 5.41) is 12.7. The van der Waals surface area contributed by atoms with Crippen LogP contribution >= 0.6 is 0 Å². The molecule has 1 atom stereocenters. The van der Waals surface area contributed by atoms with Gasteiger partial charge in [-0.15, -0.1) is 0 Å². The number of carbonyl (C=O) groups is 1. The molecule has 0 saturated heterocycles. The van der Waals surface area contributed by atoms with Gasteiger partial charge in [-0.05, 0) is 43.7 Å². The van der Waals surface area contributed by atoms with Crippen LogP contribution in [0.15, 0.2) is 6.07 Å². The summed E-state index contributed by atoms with van der Waals surface area (Å²) in [6.45, 7) is 7.32. The maximum atomic E-state index is 11.5. The minimum atomic E-state index is -0.932. The van der Waals surface area contributed by atoms with Gasteiger partial charge in [-0.3, -0.25) is 0 Å². The molecular weight excluding hydrogens is 268 g/mol. The van der Waals surface area contributed by atoms with Gasteiger partial charge < -0.3 is 15.2 Å². The molecule has 1 heterocycles. The van der Waals surface area contributed by atoms with E-state index in [1.807, 2.05) is 6.92 Å². The third kappa shape index (κ3) is 3.73. The highest BCUT2D eigenvalue weighted by Crippen LogP contribution is 2.26. The van der Waals surface area contributed by atoms with Crippen LogP contribution in [0.3, 0.4) is 0 Å². The van der Waals surface area contributed by atoms with Crippen LogP contribution in [0, 0.1) is 5.92 Å². The molecule has 0 bridgehead atoms. The largest absolute Gasteiger partial charge is 0.478 e. The Morgan fingerprint density at radius 1 is 1.48 bits per heavy atom. The molecule has 21 heavy (non-hydrogen) atoms. The zero-order chi connectivity index (χ0) is 15.4. The molecular formula is C16H24N2O3. The van der Waals surface area contributed by atoms with Crippen molar-refractivity contribution in [3.8, 4) is 0 Å². The molecule has 5 nitrogen and oxygen atoms in total. The number of hydrogen-bond donors (Lipinski definition) is 2. The van der Waals surface area contributed by atoms with E-state index in [-0.39, 0.29) is 11.6 Å². The van der Waals surface area contributed by atoms with Gasteiger partial charge in [0.05, 0.1) is 12.6 Å². The van der Waals surface area contributed by atoms with Gasteiger partial charge in [0.25, 0.3) is 0 Å². The van der Waals surface area contributed by atoms with Gasteiger partial charge in [0.1, 0.15) is 11.4 Å². The molecule has 0 aromatic carbocycles. The summed E-state index contributed by atoms with van der Waals surface area (Å²) in [6.07, 6.45) is 2.91. The van der Waals surface area contributed by atoms with Crippen LogP contribution in [0.4, 0.5) is 5.82 Å². The summed E-state index contributed by atoms with van der Waals surface area (Å²) >= 11 is 0. The highest BCUT2D eigenvalue weighted by atomic mass is 16.5. The van der Waals surface area contributed by atoms with E-state index in [1.165, 1.54) is 0 Å². The summed E-state index contributed by atoms with van der Waals surface area (Å²) in [4.78, 5) is 16.0. The number of nitrogens with zero attached hydrogens (tertiary/aromatic N) is 1. The summed E-state index contributed by atoms with van der Waals surface area (Å²) in [5.74, 6) is -0.131. The number of aromatic carboxylic acids is 1. The number of anilines is 1. The Kier molecular flexibility index (Phi) is 5.17. The third-order valence-electron chi connectivity index (χ3n) is 3.91. The van der Waals surface area contributed by atoms with Gasteiger partial charge in [0.2, 0.25) is 0 Å². The van der Waals surface area contributed by atoms with Crippen LogP contribution in [-0.2, 0) is 17.6 Å². The topological polar surface area (TPSA) is 71.5 Å². The van der Waals surface area contributed by atoms with Crippen LogP contribution in [0.2, 0.25) is 0 Å². The Bertz CT molecular complexity index is 514. The van der Waals surface area contributed by atoms with E-state index in [0.717, 1.165) is 30.5 Å². The number of carboxylic acids is 1. The van der Waals surface area contributed by atoms with Gasteiger partial charge in [-0.25, -0.2) is 9.78 Å². The Labute approximate surface area is 125 Å². The number of rotatable bonds is 7. The molecule has 116 valence electrons. The van der Waals surface area contributed by atoms with Crippen molar-refractivity contribution in [2.45, 2.75) is 46.1 Å². The number of aromatic nitrogens is 1. The zero-order valence-corrected chi connectivity index (χ0v) is 13.0. The fourth-order valence-electron chi connectivity index (χ4n) is 2.57. The predicted octanol–water partition coefficient (Wildman–Crippen LogP) is 2.74. The smallest absolute Gasteiger partial charge is 0.339 e. The lowest BCUT2D eigenvalue weighted by molar-refractivity contribution is 0.0697. The van der Waals surface area contributed by atoms with E-state index in [9.17, 15) is 9.90 Å². The third-order valence-corrected chi connectivity index (χ3v) is 3.91. The average Bonchev–Trinajstić information content (AvgIpc) is 2.89. The van der Waals surface area contributed by atoms with E-state index < -0.39 is 5.97 Å². The van der Waals surface area contributed by atoms with Crippen molar-refractivity contribution in [3.05, 3.63) is 22.9 Å². The lowest BCUT2D eigenvalue weighted by Crippen LogP contribution is -2.32. The average molecular weight is 292 g/mol. The van der Waals surface area contributed by atoms with Gasteiger partial charge in [0, 0.05) is 12.3 Å². The molecule has 2 N–H and O–H groups in total. The molecule has 1 aromatic heterocycles. The van der Waals surface area contributed by atoms with Crippen molar-refractivity contribution in [2.75, 3.05) is 18.5 Å². The van der Waals surface area contributed by atoms with Crippen molar-refractivity contribution in [1.82, 2.24) is 4.98 Å². The molecule has 5 heteroatoms. The standard InChI is InChI=1S/C16H24N2O3/c1-4-21-9-14(10(2)3)18-15-12(16(19)20)8-11-6-5-7-13(11)17-15/h8,10,14H,4-7,9H2,1-3H3,(H,17,18)(H,19,20). The predicted molar refractivity (Wildman–Crippen MR) is 82.0 cm³/mol. The minimum absolute atomic E-state index is 0.0509. The number of aryl methyl sites for hydroxylation is 2. The number of hydrogen-bond acceptors (Lipinski definition) is 4. The molecule has 0 radical (unpaired) electrons. The van der Waals surface area contributed by atoms with Crippen LogP contribution in [0.5, 0.6) is 0 Å². The van der Waals surface area contributed by atoms with Crippen LogP contribution < -0.4 is 5.32 Å². The number of carboxylic acid groups (broad SMARTS) is 1. The molecule has 0 aliphatic heterocycles. The van der Waals surface area contributed by atoms with Crippen LogP contribution in [-0.4, -0.2) is 35.3 Å². The fourth-order valence-corrected chi connectivity index (χ4v) is 2.57. The maximum Gasteiger partial charge on any atom is 0.339 e. The monoisotopic (exact) mass is 292 g/mol. The maximum absolute atomic E-state index is 11.5. The number of ether oxygens (including phenoxy) is 1. The first-order valence-electron chi connectivity index (χ1n) is 7.63. The first-order valence-corrected chi connectivity index (χ1v) is 7.63. The molecule has 1 aliphatic carbocycles. The Balaban J connectivity index is 2.26. The molecule has 0 fully saturated rings. The van der Waals surface area contributed by atoms with Gasteiger partial charge in [-0.2, -0.15) is 0 Å². The second-order valence-corrected chi connectivity index (χ2v) is 5.80. The minimum Gasteiger partial charge on any atom is -0.478 e. The van der Waals surface area contributed by atoms with Crippen LogP contribution in [0.1, 0.15) is 48.8 Å². The van der Waals surface area contributed by atoms with Crippen molar-refractivity contribution in [1.29, 1.82) is 0 Å². The molecule has 0 saturated carbocycles. The van der Waals surface area contributed by atoms with Crippen molar-refractivity contribution >= 4 is 11.8 Å². The normalized spacial score (nSPS) is 15.0. The molecule has 1 unspecified atom stereocenters. The number of pyridine rings is 1. The molecule has 0 amide bonds. The van der Waals surface area contributed by atoms with E-state index in [2.05, 4.69) is 24.1 Å². The fraction of sp³-hybridized carbons (Fsp3) is 0.625. The summed E-state index contributed by atoms with van der Waals surface area (Å²) in [7, 11) is 0. The van der Waals surface area contributed by atoms with Gasteiger partial charge in [0.15, 0.2) is 0 Å². The highest BCUT2D eigenvalue weighted by molar-refractivity contribution is 5.93. The number of nitrogens with one attached hydrogen (secondary N) is 1. The van der Waals surface area contributed by atoms with E-state index in [4.69, 9.17) is 4.74 Å². The second kappa shape index (κ2) is 6.89. The Hall–Kier alpha value is -1.62. The molecule has 1 aliphatic rings. The molecule has 2 rings (SSSR count). The van der Waals surface area contributed by atoms with E-state index >= 15 is 0 Å². The zero-order valence-electron chi connectivity index (χ0n) is 13.0. The lowest BCUT2D eigenvalue weighted by Gasteiger charge is -2.24. The van der Waals surface area contributed by atoms with E-state index in [1.54, 1.807) is 6.07 Å². The number of fused-ring (bicyclic) bond motifs is 1. The first kappa shape index (κ1) is 15.8. The van der Waals surface area contributed by atoms with Crippen molar-refractivity contribution in [3.63, 3.8) is 0 Å². The quantitative estimate of drug-likeness (QED) is 0.808. The lowest BCUT2D eigenvalue weighted by atomic mass is 10.0. The van der Waals surface area contributed by atoms with Crippen molar-refractivity contribution < 1.29 is 14.6 Å². The highest BCUT2D eigenvalue weighted by Gasteiger charge is 2.22. The summed E-state index contributed by atoms with van der Waals surface area (Å²) < 4.78 is 5.48. The van der Waals surface area contributed by atoms with E-state index in [0.29, 0.717) is 24.9 Å². The molecule has 0 spiro atoms. The van der Waals surface area contributed by atoms with Crippen LogP contribution in [0.25, 0.3) is 0 Å². The second-order valence-electron chi connectivity index (χ2n) is 5.80. The molecule has 1 aromatic rings.